The first kappa shape index (κ1) is 14.0. The molecule has 1 aromatic carbocycles. The van der Waals surface area contributed by atoms with Crippen molar-refractivity contribution >= 4 is 29.1 Å². The third kappa shape index (κ3) is 3.34. The van der Waals surface area contributed by atoms with Crippen LogP contribution in [0.1, 0.15) is 18.9 Å². The third-order valence-electron chi connectivity index (χ3n) is 3.35. The monoisotopic (exact) mass is 284 g/mol. The Morgan fingerprint density at radius 1 is 1.50 bits per heavy atom. The summed E-state index contributed by atoms with van der Waals surface area (Å²) in [7, 11) is 1.99. The molecule has 4 heteroatoms. The van der Waals surface area contributed by atoms with Gasteiger partial charge in [0, 0.05) is 41.3 Å². The maximum Gasteiger partial charge on any atom is 0.0427 e. The van der Waals surface area contributed by atoms with Crippen LogP contribution < -0.4 is 10.2 Å². The van der Waals surface area contributed by atoms with Crippen LogP contribution in [0.15, 0.2) is 18.2 Å². The molecule has 0 radical (unpaired) electrons. The summed E-state index contributed by atoms with van der Waals surface area (Å²) in [5, 5.41) is 4.81. The Hall–Kier alpha value is -0.380. The molecule has 0 saturated carbocycles. The van der Waals surface area contributed by atoms with Crippen molar-refractivity contribution in [1.82, 2.24) is 5.32 Å². The van der Waals surface area contributed by atoms with Crippen molar-refractivity contribution in [1.29, 1.82) is 0 Å². The summed E-state index contributed by atoms with van der Waals surface area (Å²) < 4.78 is 0. The number of hydrogen-bond acceptors (Lipinski definition) is 3. The van der Waals surface area contributed by atoms with Gasteiger partial charge in [0.2, 0.25) is 0 Å². The number of benzene rings is 1. The van der Waals surface area contributed by atoms with Crippen molar-refractivity contribution in [2.45, 2.75) is 25.1 Å². The molecule has 1 aliphatic rings. The molecule has 1 atom stereocenters. The standard InChI is InChI=1S/C14H21ClN2S/c1-3-13-10-17(6-7-18-13)14-8-12(15)5-4-11(14)9-16-2/h4-5,8,13,16H,3,6-7,9-10H2,1-2H3. The lowest BCUT2D eigenvalue weighted by atomic mass is 10.1. The zero-order valence-electron chi connectivity index (χ0n) is 11.1. The Bertz CT molecular complexity index is 397. The molecular weight excluding hydrogens is 264 g/mol. The Labute approximate surface area is 119 Å². The Morgan fingerprint density at radius 3 is 3.06 bits per heavy atom. The molecule has 1 fully saturated rings. The van der Waals surface area contributed by atoms with Gasteiger partial charge in [0.1, 0.15) is 0 Å². The quantitative estimate of drug-likeness (QED) is 0.912. The lowest BCUT2D eigenvalue weighted by molar-refractivity contribution is 0.719. The van der Waals surface area contributed by atoms with Gasteiger partial charge in [-0.2, -0.15) is 11.8 Å². The number of nitrogens with one attached hydrogen (secondary N) is 1. The molecule has 1 saturated heterocycles. The number of nitrogens with zero attached hydrogens (tertiary/aromatic N) is 1. The number of halogens is 1. The average Bonchev–Trinajstić information content (AvgIpc) is 2.41. The molecule has 1 unspecified atom stereocenters. The van der Waals surface area contributed by atoms with Crippen molar-refractivity contribution in [3.05, 3.63) is 28.8 Å². The number of anilines is 1. The van der Waals surface area contributed by atoms with Gasteiger partial charge in [0.05, 0.1) is 0 Å². The largest absolute Gasteiger partial charge is 0.369 e. The summed E-state index contributed by atoms with van der Waals surface area (Å²) >= 11 is 8.25. The molecule has 0 aromatic heterocycles. The summed E-state index contributed by atoms with van der Waals surface area (Å²) in [6.07, 6.45) is 1.24. The SMILES string of the molecule is CCC1CN(c2cc(Cl)ccc2CNC)CCS1. The van der Waals surface area contributed by atoms with E-state index >= 15 is 0 Å². The zero-order chi connectivity index (χ0) is 13.0. The number of thioether (sulfide) groups is 1. The van der Waals surface area contributed by atoms with Crippen molar-refractivity contribution in [2.24, 2.45) is 0 Å². The van der Waals surface area contributed by atoms with Crippen LogP contribution in [0.5, 0.6) is 0 Å². The van der Waals surface area contributed by atoms with Gasteiger partial charge in [-0.25, -0.2) is 0 Å². The maximum absolute atomic E-state index is 6.15. The van der Waals surface area contributed by atoms with Crippen molar-refractivity contribution in [2.75, 3.05) is 30.8 Å². The summed E-state index contributed by atoms with van der Waals surface area (Å²) in [6, 6.07) is 6.22. The van der Waals surface area contributed by atoms with E-state index in [4.69, 9.17) is 11.6 Å². The van der Waals surface area contributed by atoms with E-state index in [-0.39, 0.29) is 0 Å². The van der Waals surface area contributed by atoms with Gasteiger partial charge in [-0.15, -0.1) is 0 Å². The van der Waals surface area contributed by atoms with Gasteiger partial charge in [0.15, 0.2) is 0 Å². The van der Waals surface area contributed by atoms with Gasteiger partial charge >= 0.3 is 0 Å². The molecule has 0 amide bonds. The third-order valence-corrected chi connectivity index (χ3v) is 4.96. The molecule has 1 aliphatic heterocycles. The van der Waals surface area contributed by atoms with E-state index in [0.717, 1.165) is 29.9 Å². The van der Waals surface area contributed by atoms with Crippen LogP contribution in [0.2, 0.25) is 5.02 Å². The highest BCUT2D eigenvalue weighted by Crippen LogP contribution is 2.30. The molecule has 0 spiro atoms. The average molecular weight is 285 g/mol. The van der Waals surface area contributed by atoms with E-state index in [1.807, 2.05) is 13.1 Å². The highest BCUT2D eigenvalue weighted by atomic mass is 35.5. The first-order valence-corrected chi connectivity index (χ1v) is 7.96. The molecule has 1 aromatic rings. The van der Waals surface area contributed by atoms with Crippen LogP contribution in [0.3, 0.4) is 0 Å². The molecule has 1 N–H and O–H groups in total. The first-order valence-electron chi connectivity index (χ1n) is 6.54. The minimum Gasteiger partial charge on any atom is -0.369 e. The molecule has 2 rings (SSSR count). The zero-order valence-corrected chi connectivity index (χ0v) is 12.7. The molecular formula is C14H21ClN2S. The van der Waals surface area contributed by atoms with Gasteiger partial charge in [-0.1, -0.05) is 24.6 Å². The highest BCUT2D eigenvalue weighted by molar-refractivity contribution is 8.00. The van der Waals surface area contributed by atoms with Crippen LogP contribution in [0.25, 0.3) is 0 Å². The summed E-state index contributed by atoms with van der Waals surface area (Å²) in [4.78, 5) is 2.49. The second-order valence-corrected chi connectivity index (χ2v) is 6.50. The normalized spacial score (nSPS) is 20.2. The smallest absolute Gasteiger partial charge is 0.0427 e. The van der Waals surface area contributed by atoms with E-state index in [1.54, 1.807) is 0 Å². The molecule has 2 nitrogen and oxygen atoms in total. The minimum absolute atomic E-state index is 0.750. The fraction of sp³-hybridized carbons (Fsp3) is 0.571. The fourth-order valence-electron chi connectivity index (χ4n) is 2.36. The summed E-state index contributed by atoms with van der Waals surface area (Å²) in [5.74, 6) is 1.21. The van der Waals surface area contributed by atoms with E-state index in [1.165, 1.54) is 23.4 Å². The predicted molar refractivity (Wildman–Crippen MR) is 83.0 cm³/mol. The molecule has 0 bridgehead atoms. The van der Waals surface area contributed by atoms with Gasteiger partial charge in [-0.05, 0) is 31.2 Å². The van der Waals surface area contributed by atoms with Crippen molar-refractivity contribution in [3.8, 4) is 0 Å². The second kappa shape index (κ2) is 6.69. The maximum atomic E-state index is 6.15. The molecule has 100 valence electrons. The van der Waals surface area contributed by atoms with Crippen LogP contribution in [-0.4, -0.2) is 31.1 Å². The van der Waals surface area contributed by atoms with E-state index in [2.05, 4.69) is 41.0 Å². The lowest BCUT2D eigenvalue weighted by Gasteiger charge is -2.35. The number of hydrogen-bond donors (Lipinski definition) is 1. The predicted octanol–water partition coefficient (Wildman–Crippen LogP) is 3.39. The summed E-state index contributed by atoms with van der Waals surface area (Å²) in [5.41, 5.74) is 2.64. The van der Waals surface area contributed by atoms with Crippen molar-refractivity contribution in [3.63, 3.8) is 0 Å². The van der Waals surface area contributed by atoms with E-state index in [0.29, 0.717) is 0 Å². The van der Waals surface area contributed by atoms with Gasteiger partial charge in [-0.3, -0.25) is 0 Å². The van der Waals surface area contributed by atoms with E-state index < -0.39 is 0 Å². The van der Waals surface area contributed by atoms with Crippen LogP contribution in [0, 0.1) is 0 Å². The topological polar surface area (TPSA) is 15.3 Å². The highest BCUT2D eigenvalue weighted by Gasteiger charge is 2.21. The van der Waals surface area contributed by atoms with Crippen LogP contribution >= 0.6 is 23.4 Å². The van der Waals surface area contributed by atoms with Crippen molar-refractivity contribution < 1.29 is 0 Å². The van der Waals surface area contributed by atoms with Gasteiger partial charge < -0.3 is 10.2 Å². The van der Waals surface area contributed by atoms with E-state index in [9.17, 15) is 0 Å². The lowest BCUT2D eigenvalue weighted by Crippen LogP contribution is -2.38. The molecule has 18 heavy (non-hydrogen) atoms. The fourth-order valence-corrected chi connectivity index (χ4v) is 3.70. The molecule has 1 heterocycles. The Balaban J connectivity index is 2.22. The Morgan fingerprint density at radius 2 is 2.33 bits per heavy atom. The molecule has 0 aliphatic carbocycles. The Kier molecular flexibility index (Phi) is 5.22. The van der Waals surface area contributed by atoms with Crippen LogP contribution in [-0.2, 0) is 6.54 Å². The summed E-state index contributed by atoms with van der Waals surface area (Å²) in [6.45, 7) is 5.43. The first-order chi connectivity index (χ1) is 8.74. The second-order valence-electron chi connectivity index (χ2n) is 4.65. The van der Waals surface area contributed by atoms with Crippen LogP contribution in [0.4, 0.5) is 5.69 Å². The number of rotatable bonds is 4. The minimum atomic E-state index is 0.750. The van der Waals surface area contributed by atoms with Gasteiger partial charge in [0.25, 0.3) is 0 Å².